The molecule has 0 aliphatic heterocycles. The first-order valence-electron chi connectivity index (χ1n) is 8.78. The summed E-state index contributed by atoms with van der Waals surface area (Å²) in [4.78, 5) is 0. The summed E-state index contributed by atoms with van der Waals surface area (Å²) < 4.78 is 5.87. The van der Waals surface area contributed by atoms with Gasteiger partial charge in [0.15, 0.2) is 0 Å². The quantitative estimate of drug-likeness (QED) is 0.341. The number of hydrogen-bond acceptors (Lipinski definition) is 1. The Morgan fingerprint density at radius 2 is 1.05 bits per heavy atom. The van der Waals surface area contributed by atoms with E-state index in [0.29, 0.717) is 0 Å². The number of ether oxygens (including phenoxy) is 1. The molecule has 116 valence electrons. The van der Waals surface area contributed by atoms with Crippen molar-refractivity contribution in [1.29, 1.82) is 0 Å². The maximum Gasteiger partial charge on any atom is 0.0491 e. The Labute approximate surface area is 122 Å². The van der Waals surface area contributed by atoms with E-state index >= 15 is 0 Å². The standard InChI is InChI=1S/C18H38O/c1-5-7-9-11-13-17(3)15-19-16-18(4)14-12-10-8-6-2/h17-18H,5-16H2,1-4H3. The summed E-state index contributed by atoms with van der Waals surface area (Å²) in [5.74, 6) is 1.48. The van der Waals surface area contributed by atoms with Crippen LogP contribution in [0.5, 0.6) is 0 Å². The van der Waals surface area contributed by atoms with Crippen LogP contribution >= 0.6 is 0 Å². The highest BCUT2D eigenvalue weighted by atomic mass is 16.5. The molecule has 0 aromatic rings. The topological polar surface area (TPSA) is 9.23 Å². The molecular formula is C18H38O. The molecule has 0 amide bonds. The Balaban J connectivity index is 3.30. The third kappa shape index (κ3) is 14.2. The van der Waals surface area contributed by atoms with E-state index in [4.69, 9.17) is 4.74 Å². The van der Waals surface area contributed by atoms with Gasteiger partial charge in [0, 0.05) is 13.2 Å². The van der Waals surface area contributed by atoms with E-state index < -0.39 is 0 Å². The van der Waals surface area contributed by atoms with E-state index in [1.807, 2.05) is 0 Å². The minimum absolute atomic E-state index is 0.740. The van der Waals surface area contributed by atoms with Crippen LogP contribution in [0.3, 0.4) is 0 Å². The van der Waals surface area contributed by atoms with Gasteiger partial charge in [0.2, 0.25) is 0 Å². The predicted molar refractivity (Wildman–Crippen MR) is 86.7 cm³/mol. The second-order valence-corrected chi connectivity index (χ2v) is 6.45. The zero-order valence-electron chi connectivity index (χ0n) is 14.0. The lowest BCUT2D eigenvalue weighted by molar-refractivity contribution is 0.0741. The van der Waals surface area contributed by atoms with Crippen molar-refractivity contribution in [2.24, 2.45) is 11.8 Å². The summed E-state index contributed by atoms with van der Waals surface area (Å²) in [7, 11) is 0. The Kier molecular flexibility index (Phi) is 14.3. The van der Waals surface area contributed by atoms with Crippen molar-refractivity contribution < 1.29 is 4.74 Å². The second kappa shape index (κ2) is 14.4. The molecule has 0 spiro atoms. The highest BCUT2D eigenvalue weighted by Crippen LogP contribution is 2.13. The normalized spacial score (nSPS) is 14.5. The molecule has 0 heterocycles. The van der Waals surface area contributed by atoms with E-state index in [1.54, 1.807) is 0 Å². The molecule has 1 nitrogen and oxygen atoms in total. The monoisotopic (exact) mass is 270 g/mol. The SMILES string of the molecule is CCCCCCC(C)COCC(C)CCCCCC. The van der Waals surface area contributed by atoms with Crippen molar-refractivity contribution in [3.8, 4) is 0 Å². The summed E-state index contributed by atoms with van der Waals surface area (Å²) in [5.41, 5.74) is 0. The van der Waals surface area contributed by atoms with Crippen molar-refractivity contribution in [1.82, 2.24) is 0 Å². The number of unbranched alkanes of at least 4 members (excludes halogenated alkanes) is 6. The van der Waals surface area contributed by atoms with Crippen molar-refractivity contribution in [3.63, 3.8) is 0 Å². The predicted octanol–water partition coefficient (Wildman–Crippen LogP) is 6.22. The molecule has 0 N–H and O–H groups in total. The second-order valence-electron chi connectivity index (χ2n) is 6.45. The highest BCUT2D eigenvalue weighted by Gasteiger charge is 2.05. The Bertz CT molecular complexity index is 149. The zero-order chi connectivity index (χ0) is 14.3. The summed E-state index contributed by atoms with van der Waals surface area (Å²) >= 11 is 0. The van der Waals surface area contributed by atoms with Crippen LogP contribution in [0.1, 0.15) is 91.9 Å². The Morgan fingerprint density at radius 1 is 0.632 bits per heavy atom. The summed E-state index contributed by atoms with van der Waals surface area (Å²) in [6.45, 7) is 11.1. The molecular weight excluding hydrogens is 232 g/mol. The van der Waals surface area contributed by atoms with Crippen LogP contribution in [-0.2, 0) is 4.74 Å². The minimum atomic E-state index is 0.740. The first-order valence-corrected chi connectivity index (χ1v) is 8.78. The zero-order valence-corrected chi connectivity index (χ0v) is 14.0. The van der Waals surface area contributed by atoms with Gasteiger partial charge < -0.3 is 4.74 Å². The van der Waals surface area contributed by atoms with E-state index in [0.717, 1.165) is 25.0 Å². The first kappa shape index (κ1) is 19.0. The van der Waals surface area contributed by atoms with Crippen LogP contribution in [0.4, 0.5) is 0 Å². The molecule has 0 aliphatic rings. The number of rotatable bonds is 14. The van der Waals surface area contributed by atoms with E-state index in [1.165, 1.54) is 64.2 Å². The third-order valence-corrected chi connectivity index (χ3v) is 3.91. The van der Waals surface area contributed by atoms with Crippen molar-refractivity contribution in [2.75, 3.05) is 13.2 Å². The minimum Gasteiger partial charge on any atom is -0.381 e. The molecule has 0 aromatic heterocycles. The molecule has 0 radical (unpaired) electrons. The summed E-state index contributed by atoms with van der Waals surface area (Å²) in [5, 5.41) is 0. The molecule has 1 heteroatoms. The fraction of sp³-hybridized carbons (Fsp3) is 1.00. The lowest BCUT2D eigenvalue weighted by atomic mass is 10.0. The van der Waals surface area contributed by atoms with Gasteiger partial charge in [0.05, 0.1) is 0 Å². The third-order valence-electron chi connectivity index (χ3n) is 3.91. The first-order chi connectivity index (χ1) is 9.20. The van der Waals surface area contributed by atoms with Crippen molar-refractivity contribution >= 4 is 0 Å². The van der Waals surface area contributed by atoms with Crippen LogP contribution in [0.2, 0.25) is 0 Å². The maximum atomic E-state index is 5.87. The van der Waals surface area contributed by atoms with Crippen molar-refractivity contribution in [2.45, 2.75) is 91.9 Å². The smallest absolute Gasteiger partial charge is 0.0491 e. The largest absolute Gasteiger partial charge is 0.381 e. The Hall–Kier alpha value is -0.0400. The van der Waals surface area contributed by atoms with E-state index in [9.17, 15) is 0 Å². The van der Waals surface area contributed by atoms with Gasteiger partial charge in [0.25, 0.3) is 0 Å². The van der Waals surface area contributed by atoms with Crippen LogP contribution < -0.4 is 0 Å². The van der Waals surface area contributed by atoms with Gasteiger partial charge in [0.1, 0.15) is 0 Å². The molecule has 0 aromatic carbocycles. The average Bonchev–Trinajstić information content (AvgIpc) is 2.40. The van der Waals surface area contributed by atoms with Gasteiger partial charge in [-0.25, -0.2) is 0 Å². The molecule has 0 fully saturated rings. The molecule has 0 bridgehead atoms. The molecule has 2 atom stereocenters. The fourth-order valence-electron chi connectivity index (χ4n) is 2.48. The fourth-order valence-corrected chi connectivity index (χ4v) is 2.48. The Morgan fingerprint density at radius 3 is 1.42 bits per heavy atom. The van der Waals surface area contributed by atoms with Gasteiger partial charge >= 0.3 is 0 Å². The molecule has 0 rings (SSSR count). The number of hydrogen-bond donors (Lipinski definition) is 0. The van der Waals surface area contributed by atoms with Gasteiger partial charge in [-0.2, -0.15) is 0 Å². The molecule has 2 unspecified atom stereocenters. The van der Waals surface area contributed by atoms with Crippen LogP contribution in [-0.4, -0.2) is 13.2 Å². The lowest BCUT2D eigenvalue weighted by Crippen LogP contribution is -2.11. The van der Waals surface area contributed by atoms with Gasteiger partial charge in [-0.3, -0.25) is 0 Å². The average molecular weight is 271 g/mol. The molecule has 19 heavy (non-hydrogen) atoms. The lowest BCUT2D eigenvalue weighted by Gasteiger charge is -2.15. The van der Waals surface area contributed by atoms with Crippen LogP contribution in [0, 0.1) is 11.8 Å². The maximum absolute atomic E-state index is 5.87. The van der Waals surface area contributed by atoms with Crippen LogP contribution in [0.25, 0.3) is 0 Å². The van der Waals surface area contributed by atoms with Gasteiger partial charge in [-0.05, 0) is 24.7 Å². The van der Waals surface area contributed by atoms with Crippen molar-refractivity contribution in [3.05, 3.63) is 0 Å². The molecule has 0 saturated carbocycles. The van der Waals surface area contributed by atoms with E-state index in [-0.39, 0.29) is 0 Å². The molecule has 0 aliphatic carbocycles. The summed E-state index contributed by atoms with van der Waals surface area (Å²) in [6, 6.07) is 0. The highest BCUT2D eigenvalue weighted by molar-refractivity contribution is 4.55. The van der Waals surface area contributed by atoms with Gasteiger partial charge in [-0.15, -0.1) is 0 Å². The summed E-state index contributed by atoms with van der Waals surface area (Å²) in [6.07, 6.45) is 13.7. The van der Waals surface area contributed by atoms with Crippen LogP contribution in [0.15, 0.2) is 0 Å². The van der Waals surface area contributed by atoms with Gasteiger partial charge in [-0.1, -0.05) is 79.1 Å². The van der Waals surface area contributed by atoms with E-state index in [2.05, 4.69) is 27.7 Å². The molecule has 0 saturated heterocycles.